The van der Waals surface area contributed by atoms with E-state index in [1.165, 1.54) is 0 Å². The molecule has 0 aliphatic heterocycles. The first-order valence-corrected chi connectivity index (χ1v) is 6.63. The minimum Gasteiger partial charge on any atom is -0.495 e. The summed E-state index contributed by atoms with van der Waals surface area (Å²) < 4.78 is 5.13. The van der Waals surface area contributed by atoms with Gasteiger partial charge in [-0.15, -0.1) is 0 Å². The van der Waals surface area contributed by atoms with Crippen LogP contribution < -0.4 is 10.5 Å². The maximum atomic E-state index is 6.26. The third-order valence-corrected chi connectivity index (χ3v) is 3.63. The molecule has 0 fully saturated rings. The Morgan fingerprint density at radius 1 is 1.11 bits per heavy atom. The van der Waals surface area contributed by atoms with E-state index in [-0.39, 0.29) is 6.04 Å². The van der Waals surface area contributed by atoms with E-state index in [1.807, 2.05) is 31.2 Å². The molecule has 2 nitrogen and oxygen atoms in total. The van der Waals surface area contributed by atoms with Crippen LogP contribution in [0.25, 0.3) is 0 Å². The molecule has 0 aromatic heterocycles. The van der Waals surface area contributed by atoms with Gasteiger partial charge in [-0.3, -0.25) is 0 Å². The van der Waals surface area contributed by atoms with E-state index in [0.29, 0.717) is 15.8 Å². The first kappa shape index (κ1) is 14.2. The van der Waals surface area contributed by atoms with Crippen molar-refractivity contribution in [2.75, 3.05) is 7.11 Å². The Morgan fingerprint density at radius 3 is 2.47 bits per heavy atom. The molecule has 4 heteroatoms. The van der Waals surface area contributed by atoms with E-state index >= 15 is 0 Å². The number of nitrogens with two attached hydrogens (primary N) is 1. The van der Waals surface area contributed by atoms with Crippen LogP contribution in [-0.4, -0.2) is 7.11 Å². The average Bonchev–Trinajstić information content (AvgIpc) is 2.40. The molecule has 0 amide bonds. The Morgan fingerprint density at radius 2 is 1.84 bits per heavy atom. The zero-order valence-electron chi connectivity index (χ0n) is 10.8. The lowest BCUT2D eigenvalue weighted by Gasteiger charge is -2.16. The number of methoxy groups -OCH3 is 1. The van der Waals surface area contributed by atoms with Gasteiger partial charge in [0, 0.05) is 11.1 Å². The summed E-state index contributed by atoms with van der Waals surface area (Å²) in [6.07, 6.45) is 0. The fourth-order valence-corrected chi connectivity index (χ4v) is 2.50. The molecule has 1 atom stereocenters. The van der Waals surface area contributed by atoms with Crippen LogP contribution in [0.5, 0.6) is 5.75 Å². The summed E-state index contributed by atoms with van der Waals surface area (Å²) >= 11 is 12.4. The van der Waals surface area contributed by atoms with Crippen molar-refractivity contribution >= 4 is 23.2 Å². The summed E-state index contributed by atoms with van der Waals surface area (Å²) in [6.45, 7) is 2.03. The highest BCUT2D eigenvalue weighted by Crippen LogP contribution is 2.35. The maximum Gasteiger partial charge on any atom is 0.138 e. The number of hydrogen-bond donors (Lipinski definition) is 1. The fraction of sp³-hybridized carbons (Fsp3) is 0.200. The van der Waals surface area contributed by atoms with Crippen LogP contribution >= 0.6 is 23.2 Å². The number of halogens is 2. The predicted octanol–water partition coefficient (Wildman–Crippen LogP) is 4.36. The topological polar surface area (TPSA) is 35.2 Å². The highest BCUT2D eigenvalue weighted by Gasteiger charge is 2.15. The number of rotatable bonds is 3. The van der Waals surface area contributed by atoms with E-state index in [0.717, 1.165) is 16.7 Å². The SMILES string of the molecule is COc1cc(Cl)c(C(N)c2cccc(C)c2)cc1Cl. The lowest BCUT2D eigenvalue weighted by atomic mass is 9.98. The molecule has 100 valence electrons. The molecule has 0 aliphatic carbocycles. The smallest absolute Gasteiger partial charge is 0.138 e. The molecule has 1 unspecified atom stereocenters. The fourth-order valence-electron chi connectivity index (χ4n) is 1.98. The second-order valence-corrected chi connectivity index (χ2v) is 5.21. The van der Waals surface area contributed by atoms with Gasteiger partial charge < -0.3 is 10.5 Å². The van der Waals surface area contributed by atoms with Gasteiger partial charge in [0.15, 0.2) is 0 Å². The molecule has 2 aromatic rings. The molecule has 0 aliphatic rings. The van der Waals surface area contributed by atoms with Gasteiger partial charge in [-0.1, -0.05) is 53.0 Å². The largest absolute Gasteiger partial charge is 0.495 e. The molecule has 0 saturated carbocycles. The Balaban J connectivity index is 2.44. The van der Waals surface area contributed by atoms with Crippen LogP contribution in [0, 0.1) is 6.92 Å². The van der Waals surface area contributed by atoms with Crippen molar-refractivity contribution in [2.45, 2.75) is 13.0 Å². The second kappa shape index (κ2) is 5.83. The molecular formula is C15H15Cl2NO. The number of aryl methyl sites for hydroxylation is 1. The van der Waals surface area contributed by atoms with Gasteiger partial charge in [-0.05, 0) is 24.1 Å². The van der Waals surface area contributed by atoms with E-state index < -0.39 is 0 Å². The van der Waals surface area contributed by atoms with Crippen LogP contribution in [-0.2, 0) is 0 Å². The molecule has 2 aromatic carbocycles. The van der Waals surface area contributed by atoms with Crippen molar-refractivity contribution in [1.29, 1.82) is 0 Å². The summed E-state index contributed by atoms with van der Waals surface area (Å²) in [6, 6.07) is 11.2. The molecule has 0 bridgehead atoms. The van der Waals surface area contributed by atoms with Crippen LogP contribution in [0.1, 0.15) is 22.7 Å². The standard InChI is InChI=1S/C15H15Cl2NO/c1-9-4-3-5-10(6-9)15(18)11-7-13(17)14(19-2)8-12(11)16/h3-8,15H,18H2,1-2H3. The maximum absolute atomic E-state index is 6.26. The van der Waals surface area contributed by atoms with Crippen LogP contribution in [0.3, 0.4) is 0 Å². The van der Waals surface area contributed by atoms with Crippen molar-refractivity contribution in [1.82, 2.24) is 0 Å². The van der Waals surface area contributed by atoms with Crippen molar-refractivity contribution in [3.8, 4) is 5.75 Å². The van der Waals surface area contributed by atoms with Gasteiger partial charge in [-0.25, -0.2) is 0 Å². The second-order valence-electron chi connectivity index (χ2n) is 4.40. The van der Waals surface area contributed by atoms with Crippen LogP contribution in [0.4, 0.5) is 0 Å². The molecule has 0 spiro atoms. The zero-order chi connectivity index (χ0) is 14.0. The van der Waals surface area contributed by atoms with Crippen molar-refractivity contribution < 1.29 is 4.74 Å². The first-order chi connectivity index (χ1) is 9.02. The number of ether oxygens (including phenoxy) is 1. The third-order valence-electron chi connectivity index (χ3n) is 3.01. The Hall–Kier alpha value is -1.22. The molecule has 0 radical (unpaired) electrons. The predicted molar refractivity (Wildman–Crippen MR) is 80.2 cm³/mol. The Bertz CT molecular complexity index is 599. The highest BCUT2D eigenvalue weighted by atomic mass is 35.5. The van der Waals surface area contributed by atoms with E-state index in [1.54, 1.807) is 19.2 Å². The first-order valence-electron chi connectivity index (χ1n) is 5.88. The minimum absolute atomic E-state index is 0.309. The Kier molecular flexibility index (Phi) is 4.35. The monoisotopic (exact) mass is 295 g/mol. The number of benzene rings is 2. The molecule has 2 rings (SSSR count). The Labute approximate surface area is 123 Å². The van der Waals surface area contributed by atoms with E-state index in [2.05, 4.69) is 0 Å². The quantitative estimate of drug-likeness (QED) is 0.913. The van der Waals surface area contributed by atoms with E-state index in [9.17, 15) is 0 Å². The summed E-state index contributed by atoms with van der Waals surface area (Å²) in [5.74, 6) is 0.548. The highest BCUT2D eigenvalue weighted by molar-refractivity contribution is 6.34. The van der Waals surface area contributed by atoms with Gasteiger partial charge in [0.25, 0.3) is 0 Å². The zero-order valence-corrected chi connectivity index (χ0v) is 12.3. The van der Waals surface area contributed by atoms with E-state index in [4.69, 9.17) is 33.7 Å². The van der Waals surface area contributed by atoms with Crippen molar-refractivity contribution in [3.05, 3.63) is 63.1 Å². The minimum atomic E-state index is -0.309. The molecular weight excluding hydrogens is 281 g/mol. The van der Waals surface area contributed by atoms with Gasteiger partial charge in [0.05, 0.1) is 18.2 Å². The lowest BCUT2D eigenvalue weighted by Crippen LogP contribution is -2.12. The van der Waals surface area contributed by atoms with Gasteiger partial charge in [0.1, 0.15) is 5.75 Å². The van der Waals surface area contributed by atoms with Crippen molar-refractivity contribution in [2.24, 2.45) is 5.73 Å². The summed E-state index contributed by atoms with van der Waals surface area (Å²) in [5, 5.41) is 1.06. The molecule has 2 N–H and O–H groups in total. The van der Waals surface area contributed by atoms with Gasteiger partial charge >= 0.3 is 0 Å². The lowest BCUT2D eigenvalue weighted by molar-refractivity contribution is 0.415. The van der Waals surface area contributed by atoms with Crippen LogP contribution in [0.2, 0.25) is 10.0 Å². The molecule has 0 saturated heterocycles. The molecule has 19 heavy (non-hydrogen) atoms. The third kappa shape index (κ3) is 3.03. The van der Waals surface area contributed by atoms with Gasteiger partial charge in [-0.2, -0.15) is 0 Å². The van der Waals surface area contributed by atoms with Crippen molar-refractivity contribution in [3.63, 3.8) is 0 Å². The number of hydrogen-bond acceptors (Lipinski definition) is 2. The van der Waals surface area contributed by atoms with Crippen LogP contribution in [0.15, 0.2) is 36.4 Å². The average molecular weight is 296 g/mol. The summed E-state index contributed by atoms with van der Waals surface area (Å²) in [4.78, 5) is 0. The summed E-state index contributed by atoms with van der Waals surface area (Å²) in [5.41, 5.74) is 9.21. The normalized spacial score (nSPS) is 12.3. The van der Waals surface area contributed by atoms with Gasteiger partial charge in [0.2, 0.25) is 0 Å². The summed E-state index contributed by atoms with van der Waals surface area (Å²) in [7, 11) is 1.55. The molecule has 0 heterocycles.